The van der Waals surface area contributed by atoms with Gasteiger partial charge in [-0.15, -0.1) is 0 Å². The lowest BCUT2D eigenvalue weighted by Gasteiger charge is -2.35. The van der Waals surface area contributed by atoms with Gasteiger partial charge in [-0.1, -0.05) is 46.2 Å². The number of ether oxygens (including phenoxy) is 2. The minimum Gasteiger partial charge on any atom is -0.465 e. The Morgan fingerprint density at radius 1 is 0.962 bits per heavy atom. The maximum Gasteiger partial charge on any atom is 0.202 e. The molecule has 3 saturated carbocycles. The first-order valence-electron chi connectivity index (χ1n) is 11.0. The van der Waals surface area contributed by atoms with Crippen LogP contribution in [-0.2, 0) is 4.74 Å². The number of rotatable bonds is 7. The summed E-state index contributed by atoms with van der Waals surface area (Å²) in [7, 11) is 0. The average molecular weight is 357 g/mol. The largest absolute Gasteiger partial charge is 0.465 e. The molecule has 1 aromatic rings. The first-order valence-corrected chi connectivity index (χ1v) is 11.0. The van der Waals surface area contributed by atoms with Crippen molar-refractivity contribution in [1.29, 1.82) is 0 Å². The van der Waals surface area contributed by atoms with E-state index in [9.17, 15) is 0 Å². The molecule has 3 aliphatic rings. The first kappa shape index (κ1) is 18.3. The summed E-state index contributed by atoms with van der Waals surface area (Å²) in [5.74, 6) is 5.60. The van der Waals surface area contributed by atoms with Gasteiger partial charge in [-0.3, -0.25) is 0 Å². The van der Waals surface area contributed by atoms with Gasteiger partial charge in [0.2, 0.25) is 6.29 Å². The van der Waals surface area contributed by atoms with Crippen molar-refractivity contribution < 1.29 is 9.47 Å². The molecule has 0 heterocycles. The molecule has 1 aromatic carbocycles. The zero-order chi connectivity index (χ0) is 18.3. The van der Waals surface area contributed by atoms with Crippen LogP contribution in [-0.4, -0.2) is 12.4 Å². The van der Waals surface area contributed by atoms with Crippen molar-refractivity contribution >= 4 is 0 Å². The van der Waals surface area contributed by atoms with E-state index in [0.29, 0.717) is 17.9 Å². The van der Waals surface area contributed by atoms with E-state index >= 15 is 0 Å². The van der Waals surface area contributed by atoms with Crippen LogP contribution in [0.25, 0.3) is 0 Å². The average Bonchev–Trinajstić information content (AvgIpc) is 3.34. The molecular weight excluding hydrogens is 320 g/mol. The fourth-order valence-corrected chi connectivity index (χ4v) is 5.90. The molecule has 4 rings (SSSR count). The van der Waals surface area contributed by atoms with Gasteiger partial charge in [-0.05, 0) is 79.4 Å². The topological polar surface area (TPSA) is 18.5 Å². The van der Waals surface area contributed by atoms with E-state index in [2.05, 4.69) is 52.0 Å². The molecule has 2 bridgehead atoms. The lowest BCUT2D eigenvalue weighted by atomic mass is 9.80. The van der Waals surface area contributed by atoms with E-state index in [4.69, 9.17) is 9.47 Å². The van der Waals surface area contributed by atoms with Gasteiger partial charge >= 0.3 is 0 Å². The minimum absolute atomic E-state index is 0.131. The van der Waals surface area contributed by atoms with Crippen molar-refractivity contribution in [3.63, 3.8) is 0 Å². The van der Waals surface area contributed by atoms with Crippen LogP contribution in [0.1, 0.15) is 77.7 Å². The molecule has 3 fully saturated rings. The Morgan fingerprint density at radius 2 is 1.69 bits per heavy atom. The molecule has 144 valence electrons. The summed E-state index contributed by atoms with van der Waals surface area (Å²) < 4.78 is 12.9. The molecular formula is C24H36O2. The molecule has 0 radical (unpaired) electrons. The molecule has 0 amide bonds. The molecule has 26 heavy (non-hydrogen) atoms. The Morgan fingerprint density at radius 3 is 2.38 bits per heavy atom. The summed E-state index contributed by atoms with van der Waals surface area (Å²) in [5.41, 5.74) is 1.39. The SMILES string of the molecule is CCC(C)c1ccc(OC(O[C@@H]2CC3CC2C2CCCC32)C(C)C)cc1. The number of hydrogen-bond donors (Lipinski definition) is 0. The van der Waals surface area contributed by atoms with Crippen LogP contribution < -0.4 is 4.74 Å². The Labute approximate surface area is 159 Å². The van der Waals surface area contributed by atoms with Crippen molar-refractivity contribution in [1.82, 2.24) is 0 Å². The highest BCUT2D eigenvalue weighted by molar-refractivity contribution is 5.29. The summed E-state index contributed by atoms with van der Waals surface area (Å²) >= 11 is 0. The van der Waals surface area contributed by atoms with Crippen LogP contribution in [0.15, 0.2) is 24.3 Å². The third-order valence-corrected chi connectivity index (χ3v) is 7.53. The van der Waals surface area contributed by atoms with Gasteiger partial charge in [-0.25, -0.2) is 0 Å². The van der Waals surface area contributed by atoms with Crippen molar-refractivity contribution in [2.45, 2.75) is 84.5 Å². The highest BCUT2D eigenvalue weighted by atomic mass is 16.7. The van der Waals surface area contributed by atoms with Crippen LogP contribution in [0.2, 0.25) is 0 Å². The molecule has 2 heteroatoms. The summed E-state index contributed by atoms with van der Waals surface area (Å²) in [6, 6.07) is 8.66. The molecule has 0 spiro atoms. The zero-order valence-electron chi connectivity index (χ0n) is 17.0. The highest BCUT2D eigenvalue weighted by Crippen LogP contribution is 2.59. The van der Waals surface area contributed by atoms with Crippen molar-refractivity contribution in [3.05, 3.63) is 29.8 Å². The normalized spacial score (nSPS) is 34.9. The van der Waals surface area contributed by atoms with Crippen molar-refractivity contribution in [2.75, 3.05) is 0 Å². The van der Waals surface area contributed by atoms with Gasteiger partial charge < -0.3 is 9.47 Å². The number of fused-ring (bicyclic) bond motifs is 5. The fraction of sp³-hybridized carbons (Fsp3) is 0.750. The van der Waals surface area contributed by atoms with E-state index in [1.54, 1.807) is 0 Å². The highest BCUT2D eigenvalue weighted by Gasteiger charge is 2.54. The molecule has 2 nitrogen and oxygen atoms in total. The van der Waals surface area contributed by atoms with Gasteiger partial charge in [0.05, 0.1) is 6.10 Å². The molecule has 3 aliphatic carbocycles. The van der Waals surface area contributed by atoms with Crippen LogP contribution in [0, 0.1) is 29.6 Å². The van der Waals surface area contributed by atoms with Crippen LogP contribution in [0.3, 0.4) is 0 Å². The summed E-state index contributed by atoms with van der Waals surface area (Å²) in [6.07, 6.45) is 8.51. The monoisotopic (exact) mass is 356 g/mol. The summed E-state index contributed by atoms with van der Waals surface area (Å²) in [5, 5.41) is 0. The second-order valence-electron chi connectivity index (χ2n) is 9.44. The van der Waals surface area contributed by atoms with Crippen LogP contribution in [0.4, 0.5) is 0 Å². The van der Waals surface area contributed by atoms with Gasteiger partial charge in [0.15, 0.2) is 0 Å². The molecule has 7 atom stereocenters. The predicted molar refractivity (Wildman–Crippen MR) is 106 cm³/mol. The lowest BCUT2D eigenvalue weighted by molar-refractivity contribution is -0.162. The maximum absolute atomic E-state index is 6.60. The third-order valence-electron chi connectivity index (χ3n) is 7.53. The Kier molecular flexibility index (Phi) is 5.32. The van der Waals surface area contributed by atoms with Gasteiger partial charge in [0, 0.05) is 5.92 Å². The fourth-order valence-electron chi connectivity index (χ4n) is 5.90. The third kappa shape index (κ3) is 3.42. The lowest BCUT2D eigenvalue weighted by Crippen LogP contribution is -2.37. The van der Waals surface area contributed by atoms with Crippen LogP contribution in [0.5, 0.6) is 5.75 Å². The van der Waals surface area contributed by atoms with Gasteiger partial charge in [-0.2, -0.15) is 0 Å². The van der Waals surface area contributed by atoms with E-state index in [1.165, 1.54) is 44.1 Å². The minimum atomic E-state index is -0.131. The van der Waals surface area contributed by atoms with Gasteiger partial charge in [0.25, 0.3) is 0 Å². The van der Waals surface area contributed by atoms with Gasteiger partial charge in [0.1, 0.15) is 5.75 Å². The van der Waals surface area contributed by atoms with E-state index in [0.717, 1.165) is 29.4 Å². The first-order chi connectivity index (χ1) is 12.6. The summed E-state index contributed by atoms with van der Waals surface area (Å²) in [4.78, 5) is 0. The van der Waals surface area contributed by atoms with E-state index < -0.39 is 0 Å². The Balaban J connectivity index is 1.39. The van der Waals surface area contributed by atoms with Crippen molar-refractivity contribution in [2.24, 2.45) is 29.6 Å². The smallest absolute Gasteiger partial charge is 0.202 e. The number of hydrogen-bond acceptors (Lipinski definition) is 2. The molecule has 6 unspecified atom stereocenters. The van der Waals surface area contributed by atoms with E-state index in [1.807, 2.05) is 0 Å². The standard InChI is InChI=1S/C24H36O2/c1-5-16(4)17-9-11-19(12-10-17)25-24(15(2)3)26-23-14-18-13-22(23)21-8-6-7-20(18)21/h9-12,15-16,18,20-24H,5-8,13-14H2,1-4H3/t16?,18?,20?,21?,22?,23-,24?/m1/s1. The predicted octanol–water partition coefficient (Wildman–Crippen LogP) is 6.40. The quantitative estimate of drug-likeness (QED) is 0.526. The molecule has 0 aliphatic heterocycles. The van der Waals surface area contributed by atoms with E-state index in [-0.39, 0.29) is 6.29 Å². The van der Waals surface area contributed by atoms with Crippen LogP contribution >= 0.6 is 0 Å². The molecule has 0 saturated heterocycles. The zero-order valence-corrected chi connectivity index (χ0v) is 17.0. The van der Waals surface area contributed by atoms with Crippen molar-refractivity contribution in [3.8, 4) is 5.75 Å². The Hall–Kier alpha value is -1.02. The second-order valence-corrected chi connectivity index (χ2v) is 9.44. The number of benzene rings is 1. The summed E-state index contributed by atoms with van der Waals surface area (Å²) in [6.45, 7) is 8.94. The Bertz CT molecular complexity index is 593. The maximum atomic E-state index is 6.60. The second kappa shape index (κ2) is 7.54. The molecule has 0 N–H and O–H groups in total. The molecule has 0 aromatic heterocycles.